The van der Waals surface area contributed by atoms with E-state index in [2.05, 4.69) is 19.9 Å². The Morgan fingerprint density at radius 1 is 1.12 bits per heavy atom. The summed E-state index contributed by atoms with van der Waals surface area (Å²) in [6, 6.07) is 13.0. The number of nitrogens with one attached hydrogen (secondary N) is 1. The lowest BCUT2D eigenvalue weighted by molar-refractivity contribution is -0.144. The topological polar surface area (TPSA) is 74.8 Å². The molecule has 1 aliphatic rings. The van der Waals surface area contributed by atoms with Gasteiger partial charge in [-0.3, -0.25) is 4.79 Å². The number of carbonyl (C=O) groups excluding carboxylic acids is 1. The van der Waals surface area contributed by atoms with Crippen LogP contribution in [0.25, 0.3) is 22.4 Å². The van der Waals surface area contributed by atoms with Gasteiger partial charge in [-0.15, -0.1) is 0 Å². The van der Waals surface area contributed by atoms with Gasteiger partial charge in [-0.25, -0.2) is 15.0 Å². The van der Waals surface area contributed by atoms with Crippen LogP contribution >= 0.6 is 11.6 Å². The molecule has 0 unspecified atom stereocenters. The minimum atomic E-state index is -4.59. The highest BCUT2D eigenvalue weighted by Gasteiger charge is 2.35. The maximum atomic E-state index is 13.3. The summed E-state index contributed by atoms with van der Waals surface area (Å²) in [5, 5.41) is 0.571. The number of carbonyl (C=O) groups is 1. The van der Waals surface area contributed by atoms with E-state index in [1.165, 1.54) is 18.2 Å². The van der Waals surface area contributed by atoms with E-state index in [0.29, 0.717) is 23.1 Å². The van der Waals surface area contributed by atoms with Gasteiger partial charge in [-0.1, -0.05) is 23.7 Å². The number of fused-ring (bicyclic) bond motifs is 1. The molecule has 2 aromatic heterocycles. The smallest absolute Gasteiger partial charge is 0.334 e. The Morgan fingerprint density at radius 2 is 1.97 bits per heavy atom. The first-order chi connectivity index (χ1) is 15.8. The fraction of sp³-hybridized carbons (Fsp3) is 0.217. The number of benzene rings is 2. The molecule has 1 aliphatic heterocycles. The van der Waals surface area contributed by atoms with E-state index < -0.39 is 12.0 Å². The molecule has 1 saturated heterocycles. The summed E-state index contributed by atoms with van der Waals surface area (Å²) in [5.41, 5.74) is 2.07. The summed E-state index contributed by atoms with van der Waals surface area (Å²) in [5.74, 6) is -0.853. The van der Waals surface area contributed by atoms with Crippen LogP contribution in [-0.2, 0) is 6.18 Å². The van der Waals surface area contributed by atoms with Gasteiger partial charge >= 0.3 is 6.18 Å². The van der Waals surface area contributed by atoms with Crippen LogP contribution in [0.4, 0.5) is 13.2 Å². The lowest BCUT2D eigenvalue weighted by Gasteiger charge is -2.24. The number of halogens is 4. The van der Waals surface area contributed by atoms with Gasteiger partial charge < -0.3 is 9.88 Å². The molecule has 2 aromatic carbocycles. The van der Waals surface area contributed by atoms with Gasteiger partial charge in [-0.2, -0.15) is 13.2 Å². The fourth-order valence-electron chi connectivity index (χ4n) is 4.08. The van der Waals surface area contributed by atoms with Crippen LogP contribution in [0.3, 0.4) is 0 Å². The molecule has 0 saturated carbocycles. The zero-order valence-electron chi connectivity index (χ0n) is 17.1. The van der Waals surface area contributed by atoms with Crippen LogP contribution in [0.1, 0.15) is 40.8 Å². The number of nitrogens with zero attached hydrogens (tertiary/aromatic N) is 4. The molecule has 1 N–H and O–H groups in total. The third-order valence-electron chi connectivity index (χ3n) is 5.61. The largest absolute Gasteiger partial charge is 0.449 e. The number of imidazole rings is 1. The number of rotatable bonds is 3. The SMILES string of the molecule is O=C(c1ccc2nc(C(F)(F)F)[nH]c2c1)N1CCC[C@H]1c1ccnc(-c2cccc(Cl)c2)n1. The molecule has 3 heterocycles. The highest BCUT2D eigenvalue weighted by atomic mass is 35.5. The molecule has 6 nitrogen and oxygen atoms in total. The zero-order valence-corrected chi connectivity index (χ0v) is 17.9. The standard InChI is InChI=1S/C23H17ClF3N5O/c24-15-4-1-3-13(11-15)20-28-9-8-17(29-20)19-5-2-10-32(19)21(33)14-6-7-16-18(12-14)31-22(30-16)23(25,26)27/h1,3-4,6-9,11-12,19H,2,5,10H2,(H,30,31)/t19-/m0/s1. The van der Waals surface area contributed by atoms with E-state index in [-0.39, 0.29) is 28.5 Å². The second-order valence-electron chi connectivity index (χ2n) is 7.79. The number of alkyl halides is 3. The molecule has 33 heavy (non-hydrogen) atoms. The highest BCUT2D eigenvalue weighted by molar-refractivity contribution is 6.30. The van der Waals surface area contributed by atoms with Crippen molar-refractivity contribution < 1.29 is 18.0 Å². The Labute approximate surface area is 191 Å². The van der Waals surface area contributed by atoms with Gasteiger partial charge in [0, 0.05) is 28.9 Å². The van der Waals surface area contributed by atoms with E-state index in [1.54, 1.807) is 29.3 Å². The third kappa shape index (κ3) is 4.16. The van der Waals surface area contributed by atoms with E-state index in [9.17, 15) is 18.0 Å². The number of hydrogen-bond acceptors (Lipinski definition) is 4. The molecule has 0 radical (unpaired) electrons. The monoisotopic (exact) mass is 471 g/mol. The number of hydrogen-bond donors (Lipinski definition) is 1. The molecule has 10 heteroatoms. The van der Waals surface area contributed by atoms with Gasteiger partial charge in [0.05, 0.1) is 22.8 Å². The summed E-state index contributed by atoms with van der Waals surface area (Å²) < 4.78 is 38.9. The van der Waals surface area contributed by atoms with Gasteiger partial charge in [0.25, 0.3) is 5.91 Å². The average molecular weight is 472 g/mol. The lowest BCUT2D eigenvalue weighted by Crippen LogP contribution is -2.31. The quantitative estimate of drug-likeness (QED) is 0.418. The molecular formula is C23H17ClF3N5O. The normalized spacial score (nSPS) is 16.5. The van der Waals surface area contributed by atoms with Crippen molar-refractivity contribution in [3.8, 4) is 11.4 Å². The molecule has 1 amide bonds. The second kappa shape index (κ2) is 8.15. The highest BCUT2D eigenvalue weighted by Crippen LogP contribution is 2.34. The van der Waals surface area contributed by atoms with Crippen LogP contribution in [0.2, 0.25) is 5.02 Å². The first-order valence-electron chi connectivity index (χ1n) is 10.3. The Kier molecular flexibility index (Phi) is 5.28. The Hall–Kier alpha value is -3.46. The van der Waals surface area contributed by atoms with Gasteiger partial charge in [0.2, 0.25) is 5.82 Å². The molecule has 1 fully saturated rings. The van der Waals surface area contributed by atoms with E-state index in [0.717, 1.165) is 18.4 Å². The second-order valence-corrected chi connectivity index (χ2v) is 8.22. The van der Waals surface area contributed by atoms with Crippen molar-refractivity contribution in [1.29, 1.82) is 0 Å². The maximum absolute atomic E-state index is 13.3. The summed E-state index contributed by atoms with van der Waals surface area (Å²) in [6.07, 6.45) is -1.43. The average Bonchev–Trinajstić information content (AvgIpc) is 3.45. The maximum Gasteiger partial charge on any atom is 0.449 e. The number of aromatic nitrogens is 4. The molecule has 168 valence electrons. The van der Waals surface area contributed by atoms with Gasteiger partial charge in [-0.05, 0) is 49.2 Å². The van der Waals surface area contributed by atoms with Crippen LogP contribution in [0.5, 0.6) is 0 Å². The summed E-state index contributed by atoms with van der Waals surface area (Å²) in [6.45, 7) is 0.523. The molecule has 4 aromatic rings. The Balaban J connectivity index is 1.44. The first kappa shape index (κ1) is 21.4. The minimum Gasteiger partial charge on any atom is -0.334 e. The van der Waals surface area contributed by atoms with Crippen LogP contribution in [-0.4, -0.2) is 37.3 Å². The number of H-pyrrole nitrogens is 1. The summed E-state index contributed by atoms with van der Waals surface area (Å²) in [7, 11) is 0. The summed E-state index contributed by atoms with van der Waals surface area (Å²) in [4.78, 5) is 29.8. The molecule has 0 spiro atoms. The minimum absolute atomic E-state index is 0.152. The van der Waals surface area contributed by atoms with Crippen LogP contribution in [0, 0.1) is 0 Å². The Morgan fingerprint density at radius 3 is 2.76 bits per heavy atom. The predicted molar refractivity (Wildman–Crippen MR) is 117 cm³/mol. The van der Waals surface area contributed by atoms with Crippen LogP contribution < -0.4 is 0 Å². The van der Waals surface area contributed by atoms with E-state index >= 15 is 0 Å². The van der Waals surface area contributed by atoms with Crippen molar-refractivity contribution in [2.24, 2.45) is 0 Å². The Bertz CT molecular complexity index is 1350. The molecule has 0 bridgehead atoms. The molecule has 1 atom stereocenters. The van der Waals surface area contributed by atoms with Crippen molar-refractivity contribution in [3.05, 3.63) is 76.8 Å². The number of aromatic amines is 1. The van der Waals surface area contributed by atoms with Crippen molar-refractivity contribution in [1.82, 2.24) is 24.8 Å². The third-order valence-corrected chi connectivity index (χ3v) is 5.85. The molecule has 0 aliphatic carbocycles. The van der Waals surface area contributed by atoms with Crippen molar-refractivity contribution >= 4 is 28.5 Å². The van der Waals surface area contributed by atoms with Gasteiger partial charge in [0.1, 0.15) is 0 Å². The van der Waals surface area contributed by atoms with E-state index in [1.807, 2.05) is 12.1 Å². The molecular weight excluding hydrogens is 455 g/mol. The first-order valence-corrected chi connectivity index (χ1v) is 10.6. The van der Waals surface area contributed by atoms with Gasteiger partial charge in [0.15, 0.2) is 5.82 Å². The summed E-state index contributed by atoms with van der Waals surface area (Å²) >= 11 is 6.08. The van der Waals surface area contributed by atoms with Crippen LogP contribution in [0.15, 0.2) is 54.7 Å². The fourth-order valence-corrected chi connectivity index (χ4v) is 4.28. The van der Waals surface area contributed by atoms with E-state index in [4.69, 9.17) is 11.6 Å². The van der Waals surface area contributed by atoms with Crippen molar-refractivity contribution in [2.45, 2.75) is 25.1 Å². The lowest BCUT2D eigenvalue weighted by atomic mass is 10.1. The van der Waals surface area contributed by atoms with Crippen molar-refractivity contribution in [3.63, 3.8) is 0 Å². The number of likely N-dealkylation sites (tertiary alicyclic amines) is 1. The van der Waals surface area contributed by atoms with Crippen molar-refractivity contribution in [2.75, 3.05) is 6.54 Å². The predicted octanol–water partition coefficient (Wildman–Crippen LogP) is 5.67. The molecule has 5 rings (SSSR count). The number of amides is 1. The zero-order chi connectivity index (χ0) is 23.2.